The molecule has 96 valence electrons. The monoisotopic (exact) mass is 239 g/mol. The van der Waals surface area contributed by atoms with Gasteiger partial charge in [-0.05, 0) is 11.6 Å². The first-order valence-electron chi connectivity index (χ1n) is 5.71. The molecule has 17 heavy (non-hydrogen) atoms. The van der Waals surface area contributed by atoms with E-state index in [1.54, 1.807) is 0 Å². The number of benzene rings is 1. The van der Waals surface area contributed by atoms with Crippen LogP contribution in [0.5, 0.6) is 0 Å². The van der Waals surface area contributed by atoms with E-state index in [-0.39, 0.29) is 6.04 Å². The van der Waals surface area contributed by atoms with Crippen molar-refractivity contribution in [2.45, 2.75) is 6.04 Å². The normalized spacial score (nSPS) is 12.6. The summed E-state index contributed by atoms with van der Waals surface area (Å²) in [6.45, 7) is 2.57. The van der Waals surface area contributed by atoms with Crippen LogP contribution in [0.4, 0.5) is 5.69 Å². The fourth-order valence-corrected chi connectivity index (χ4v) is 1.45. The zero-order chi connectivity index (χ0) is 12.5. The van der Waals surface area contributed by atoms with Crippen molar-refractivity contribution < 1.29 is 9.47 Å². The highest BCUT2D eigenvalue weighted by Gasteiger charge is 2.08. The number of para-hydroxylation sites is 1. The van der Waals surface area contributed by atoms with Crippen LogP contribution in [0.25, 0.3) is 0 Å². The summed E-state index contributed by atoms with van der Waals surface area (Å²) in [5.74, 6) is 0. The predicted octanol–water partition coefficient (Wildman–Crippen LogP) is 0.261. The Morgan fingerprint density at radius 2 is 1.76 bits per heavy atom. The summed E-state index contributed by atoms with van der Waals surface area (Å²) in [4.78, 5) is 0. The summed E-state index contributed by atoms with van der Waals surface area (Å²) in [5, 5.41) is 0. The third kappa shape index (κ3) is 5.14. The van der Waals surface area contributed by atoms with Crippen LogP contribution < -0.4 is 17.2 Å². The average Bonchev–Trinajstić information content (AvgIpc) is 2.34. The Morgan fingerprint density at radius 3 is 2.47 bits per heavy atom. The van der Waals surface area contributed by atoms with Gasteiger partial charge in [-0.2, -0.15) is 0 Å². The number of rotatable bonds is 8. The van der Waals surface area contributed by atoms with Gasteiger partial charge >= 0.3 is 0 Å². The van der Waals surface area contributed by atoms with E-state index in [9.17, 15) is 0 Å². The summed E-state index contributed by atoms with van der Waals surface area (Å²) in [6.07, 6.45) is 0. The molecule has 0 fully saturated rings. The maximum atomic E-state index is 5.97. The van der Waals surface area contributed by atoms with Crippen molar-refractivity contribution >= 4 is 5.69 Å². The van der Waals surface area contributed by atoms with Crippen molar-refractivity contribution in [3.8, 4) is 0 Å². The highest BCUT2D eigenvalue weighted by molar-refractivity contribution is 5.48. The molecule has 0 spiro atoms. The van der Waals surface area contributed by atoms with Gasteiger partial charge in [-0.25, -0.2) is 0 Å². The number of ether oxygens (including phenoxy) is 2. The lowest BCUT2D eigenvalue weighted by molar-refractivity contribution is 0.0454. The van der Waals surface area contributed by atoms with Crippen LogP contribution in [-0.2, 0) is 9.47 Å². The van der Waals surface area contributed by atoms with Crippen LogP contribution in [-0.4, -0.2) is 33.0 Å². The standard InChI is InChI=1S/C12H21N3O2/c13-5-6-16-7-8-17-9-12(15)10-3-1-2-4-11(10)14/h1-4,12H,5-9,13-15H2. The second-order valence-corrected chi connectivity index (χ2v) is 3.71. The molecular formula is C12H21N3O2. The Kier molecular flexibility index (Phi) is 6.57. The minimum atomic E-state index is -0.203. The molecule has 5 nitrogen and oxygen atoms in total. The van der Waals surface area contributed by atoms with Gasteiger partial charge in [0.2, 0.25) is 0 Å². The first-order chi connectivity index (χ1) is 8.25. The van der Waals surface area contributed by atoms with E-state index in [1.807, 2.05) is 24.3 Å². The molecule has 0 aromatic heterocycles. The van der Waals surface area contributed by atoms with Gasteiger partial charge in [-0.3, -0.25) is 0 Å². The van der Waals surface area contributed by atoms with Crippen molar-refractivity contribution in [1.29, 1.82) is 0 Å². The van der Waals surface area contributed by atoms with E-state index >= 15 is 0 Å². The van der Waals surface area contributed by atoms with Crippen LogP contribution >= 0.6 is 0 Å². The molecule has 0 heterocycles. The Labute approximate surface area is 102 Å². The average molecular weight is 239 g/mol. The summed E-state index contributed by atoms with van der Waals surface area (Å²) < 4.78 is 10.6. The molecule has 0 amide bonds. The summed E-state index contributed by atoms with van der Waals surface area (Å²) in [6, 6.07) is 7.34. The van der Waals surface area contributed by atoms with Gasteiger partial charge in [0.25, 0.3) is 0 Å². The molecule has 1 rings (SSSR count). The molecule has 0 aliphatic heterocycles. The molecular weight excluding hydrogens is 218 g/mol. The van der Waals surface area contributed by atoms with E-state index in [0.717, 1.165) is 5.56 Å². The number of hydrogen-bond acceptors (Lipinski definition) is 5. The summed E-state index contributed by atoms with van der Waals surface area (Å²) in [7, 11) is 0. The van der Waals surface area contributed by atoms with Crippen LogP contribution in [0.15, 0.2) is 24.3 Å². The van der Waals surface area contributed by atoms with Crippen LogP contribution in [0.1, 0.15) is 11.6 Å². The molecule has 1 aromatic rings. The molecule has 5 heteroatoms. The fourth-order valence-electron chi connectivity index (χ4n) is 1.45. The zero-order valence-electron chi connectivity index (χ0n) is 9.97. The number of hydrogen-bond donors (Lipinski definition) is 3. The SMILES string of the molecule is NCCOCCOCC(N)c1ccccc1N. The maximum Gasteiger partial charge on any atom is 0.0701 e. The number of anilines is 1. The lowest BCUT2D eigenvalue weighted by Crippen LogP contribution is -2.20. The molecule has 0 aliphatic rings. The second-order valence-electron chi connectivity index (χ2n) is 3.71. The van der Waals surface area contributed by atoms with Crippen molar-refractivity contribution in [2.75, 3.05) is 38.7 Å². The van der Waals surface area contributed by atoms with Gasteiger partial charge in [0.1, 0.15) is 0 Å². The molecule has 1 unspecified atom stereocenters. The van der Waals surface area contributed by atoms with Gasteiger partial charge in [-0.1, -0.05) is 18.2 Å². The second kappa shape index (κ2) is 8.03. The first kappa shape index (κ1) is 13.9. The summed E-state index contributed by atoms with van der Waals surface area (Å²) in [5.41, 5.74) is 18.7. The molecule has 6 N–H and O–H groups in total. The van der Waals surface area contributed by atoms with Crippen molar-refractivity contribution in [3.63, 3.8) is 0 Å². The van der Waals surface area contributed by atoms with E-state index in [0.29, 0.717) is 38.7 Å². The van der Waals surface area contributed by atoms with Crippen molar-refractivity contribution in [2.24, 2.45) is 11.5 Å². The Hall–Kier alpha value is -1.14. The molecule has 0 bridgehead atoms. The maximum absolute atomic E-state index is 5.97. The lowest BCUT2D eigenvalue weighted by atomic mass is 10.1. The Balaban J connectivity index is 2.21. The van der Waals surface area contributed by atoms with Crippen molar-refractivity contribution in [3.05, 3.63) is 29.8 Å². The predicted molar refractivity (Wildman–Crippen MR) is 68.5 cm³/mol. The molecule has 1 aromatic carbocycles. The Bertz CT molecular complexity index is 320. The van der Waals surface area contributed by atoms with Gasteiger partial charge in [0, 0.05) is 12.2 Å². The van der Waals surface area contributed by atoms with E-state index in [1.165, 1.54) is 0 Å². The van der Waals surface area contributed by atoms with Gasteiger partial charge in [0.15, 0.2) is 0 Å². The van der Waals surface area contributed by atoms with Gasteiger partial charge < -0.3 is 26.7 Å². The quantitative estimate of drug-likeness (QED) is 0.446. The fraction of sp³-hybridized carbons (Fsp3) is 0.500. The lowest BCUT2D eigenvalue weighted by Gasteiger charge is -2.14. The van der Waals surface area contributed by atoms with E-state index < -0.39 is 0 Å². The van der Waals surface area contributed by atoms with Crippen LogP contribution in [0, 0.1) is 0 Å². The topological polar surface area (TPSA) is 96.5 Å². The van der Waals surface area contributed by atoms with Crippen LogP contribution in [0.3, 0.4) is 0 Å². The largest absolute Gasteiger partial charge is 0.398 e. The van der Waals surface area contributed by atoms with Gasteiger partial charge in [0.05, 0.1) is 32.5 Å². The van der Waals surface area contributed by atoms with Gasteiger partial charge in [-0.15, -0.1) is 0 Å². The number of nitrogens with two attached hydrogens (primary N) is 3. The third-order valence-corrected chi connectivity index (χ3v) is 2.33. The molecule has 0 saturated carbocycles. The summed E-state index contributed by atoms with van der Waals surface area (Å²) >= 11 is 0. The van der Waals surface area contributed by atoms with Crippen LogP contribution in [0.2, 0.25) is 0 Å². The molecule has 1 atom stereocenters. The van der Waals surface area contributed by atoms with Crippen molar-refractivity contribution in [1.82, 2.24) is 0 Å². The minimum Gasteiger partial charge on any atom is -0.398 e. The highest BCUT2D eigenvalue weighted by atomic mass is 16.5. The van der Waals surface area contributed by atoms with E-state index in [4.69, 9.17) is 26.7 Å². The first-order valence-corrected chi connectivity index (χ1v) is 5.71. The molecule has 0 radical (unpaired) electrons. The molecule has 0 saturated heterocycles. The third-order valence-electron chi connectivity index (χ3n) is 2.33. The smallest absolute Gasteiger partial charge is 0.0701 e. The highest BCUT2D eigenvalue weighted by Crippen LogP contribution is 2.17. The minimum absolute atomic E-state index is 0.203. The number of nitrogen functional groups attached to an aromatic ring is 1. The molecule has 0 aliphatic carbocycles. The zero-order valence-corrected chi connectivity index (χ0v) is 9.97. The Morgan fingerprint density at radius 1 is 1.06 bits per heavy atom. The van der Waals surface area contributed by atoms with E-state index in [2.05, 4.69) is 0 Å².